The van der Waals surface area contributed by atoms with Gasteiger partial charge >= 0.3 is 6.09 Å². The standard InChI is InChI=1S/C15H21BrFNO3/c1-9(19)15(5,18-13(20)21-14(2,3)4)11-8-10(16)6-7-12(11)17/h6-9,19H,1-5H3,(H,18,20)/t9?,15-/m0/s1. The summed E-state index contributed by atoms with van der Waals surface area (Å²) in [6.07, 6.45) is -1.74. The SMILES string of the molecule is CC(O)[C@](C)(NC(=O)OC(C)(C)C)c1cc(Br)ccc1F. The Bertz CT molecular complexity index is 528. The summed E-state index contributed by atoms with van der Waals surface area (Å²) in [5.41, 5.74) is -1.81. The molecule has 1 unspecified atom stereocenters. The van der Waals surface area contributed by atoms with E-state index >= 15 is 0 Å². The van der Waals surface area contributed by atoms with E-state index in [1.165, 1.54) is 19.1 Å². The highest BCUT2D eigenvalue weighted by molar-refractivity contribution is 9.10. The molecule has 1 amide bonds. The lowest BCUT2D eigenvalue weighted by molar-refractivity contribution is 0.0278. The number of benzene rings is 1. The fourth-order valence-corrected chi connectivity index (χ4v) is 2.17. The topological polar surface area (TPSA) is 58.6 Å². The van der Waals surface area contributed by atoms with E-state index in [4.69, 9.17) is 4.74 Å². The van der Waals surface area contributed by atoms with Crippen LogP contribution in [0.15, 0.2) is 22.7 Å². The van der Waals surface area contributed by atoms with E-state index in [0.29, 0.717) is 4.47 Å². The first-order valence-corrected chi connectivity index (χ1v) is 7.40. The molecule has 0 spiro atoms. The lowest BCUT2D eigenvalue weighted by atomic mass is 9.86. The van der Waals surface area contributed by atoms with Crippen LogP contribution in [0.5, 0.6) is 0 Å². The van der Waals surface area contributed by atoms with Crippen molar-refractivity contribution < 1.29 is 19.0 Å². The number of ether oxygens (including phenoxy) is 1. The molecule has 0 saturated carbocycles. The van der Waals surface area contributed by atoms with E-state index in [1.54, 1.807) is 33.8 Å². The molecule has 0 bridgehead atoms. The zero-order chi connectivity index (χ0) is 16.4. The van der Waals surface area contributed by atoms with Crippen LogP contribution in [-0.2, 0) is 10.3 Å². The smallest absolute Gasteiger partial charge is 0.408 e. The van der Waals surface area contributed by atoms with Crippen LogP contribution in [0.4, 0.5) is 9.18 Å². The van der Waals surface area contributed by atoms with E-state index < -0.39 is 29.2 Å². The van der Waals surface area contributed by atoms with Crippen molar-refractivity contribution in [2.75, 3.05) is 0 Å². The first-order chi connectivity index (χ1) is 9.45. The second-order valence-electron chi connectivity index (χ2n) is 6.13. The van der Waals surface area contributed by atoms with Crippen molar-refractivity contribution >= 4 is 22.0 Å². The first-order valence-electron chi connectivity index (χ1n) is 6.60. The molecule has 21 heavy (non-hydrogen) atoms. The molecule has 0 fully saturated rings. The third kappa shape index (κ3) is 4.68. The molecule has 0 aliphatic carbocycles. The molecule has 0 saturated heterocycles. The number of carbonyl (C=O) groups is 1. The Morgan fingerprint density at radius 1 is 1.38 bits per heavy atom. The number of aliphatic hydroxyl groups is 1. The number of hydrogen-bond donors (Lipinski definition) is 2. The van der Waals surface area contributed by atoms with Crippen molar-refractivity contribution in [3.05, 3.63) is 34.1 Å². The van der Waals surface area contributed by atoms with Crippen molar-refractivity contribution in [2.45, 2.75) is 51.9 Å². The molecule has 0 aromatic heterocycles. The zero-order valence-electron chi connectivity index (χ0n) is 12.8. The van der Waals surface area contributed by atoms with Crippen LogP contribution in [0.1, 0.15) is 40.2 Å². The Morgan fingerprint density at radius 2 is 1.95 bits per heavy atom. The number of alkyl carbamates (subject to hydrolysis) is 1. The van der Waals surface area contributed by atoms with Gasteiger partial charge in [0.15, 0.2) is 0 Å². The Labute approximate surface area is 132 Å². The lowest BCUT2D eigenvalue weighted by Gasteiger charge is -2.35. The summed E-state index contributed by atoms with van der Waals surface area (Å²) in [5, 5.41) is 12.6. The van der Waals surface area contributed by atoms with Crippen LogP contribution in [-0.4, -0.2) is 22.9 Å². The van der Waals surface area contributed by atoms with Gasteiger partial charge in [0.2, 0.25) is 0 Å². The fraction of sp³-hybridized carbons (Fsp3) is 0.533. The number of rotatable bonds is 3. The zero-order valence-corrected chi connectivity index (χ0v) is 14.4. The Morgan fingerprint density at radius 3 is 2.43 bits per heavy atom. The maximum atomic E-state index is 14.1. The number of aliphatic hydroxyl groups excluding tert-OH is 1. The Hall–Kier alpha value is -1.14. The van der Waals surface area contributed by atoms with E-state index in [1.807, 2.05) is 0 Å². The van der Waals surface area contributed by atoms with Crippen molar-refractivity contribution in [2.24, 2.45) is 0 Å². The average Bonchev–Trinajstić information content (AvgIpc) is 2.29. The summed E-state index contributed by atoms with van der Waals surface area (Å²) < 4.78 is 19.9. The largest absolute Gasteiger partial charge is 0.444 e. The van der Waals surface area contributed by atoms with Crippen molar-refractivity contribution in [3.63, 3.8) is 0 Å². The molecular formula is C15H21BrFNO3. The highest BCUT2D eigenvalue weighted by atomic mass is 79.9. The molecule has 0 aliphatic rings. The second kappa shape index (κ2) is 6.32. The molecule has 0 radical (unpaired) electrons. The minimum atomic E-state index is -1.31. The van der Waals surface area contributed by atoms with Gasteiger partial charge < -0.3 is 15.2 Å². The first kappa shape index (κ1) is 17.9. The molecule has 2 N–H and O–H groups in total. The summed E-state index contributed by atoms with van der Waals surface area (Å²) in [6, 6.07) is 4.35. The highest BCUT2D eigenvalue weighted by Crippen LogP contribution is 2.30. The Kier molecular flexibility index (Phi) is 5.39. The fourth-order valence-electron chi connectivity index (χ4n) is 1.81. The van der Waals surface area contributed by atoms with Crippen LogP contribution in [0, 0.1) is 5.82 Å². The molecule has 1 aromatic rings. The van der Waals surface area contributed by atoms with Gasteiger partial charge in [0.25, 0.3) is 0 Å². The average molecular weight is 362 g/mol. The predicted molar refractivity (Wildman–Crippen MR) is 82.5 cm³/mol. The van der Waals surface area contributed by atoms with Gasteiger partial charge in [-0.2, -0.15) is 0 Å². The Balaban J connectivity index is 3.15. The number of halogens is 2. The van der Waals surface area contributed by atoms with Crippen LogP contribution < -0.4 is 5.32 Å². The third-order valence-electron chi connectivity index (χ3n) is 3.08. The molecular weight excluding hydrogens is 341 g/mol. The van der Waals surface area contributed by atoms with Gasteiger partial charge in [0.1, 0.15) is 11.4 Å². The quantitative estimate of drug-likeness (QED) is 0.862. The van der Waals surface area contributed by atoms with Crippen LogP contribution in [0.3, 0.4) is 0 Å². The van der Waals surface area contributed by atoms with Gasteiger partial charge in [0.05, 0.1) is 11.6 Å². The van der Waals surface area contributed by atoms with Crippen molar-refractivity contribution in [1.82, 2.24) is 5.32 Å². The number of amides is 1. The maximum absolute atomic E-state index is 14.1. The summed E-state index contributed by atoms with van der Waals surface area (Å²) in [5.74, 6) is -0.516. The molecule has 4 nitrogen and oxygen atoms in total. The minimum Gasteiger partial charge on any atom is -0.444 e. The number of hydrogen-bond acceptors (Lipinski definition) is 3. The third-order valence-corrected chi connectivity index (χ3v) is 3.58. The number of carbonyl (C=O) groups excluding carboxylic acids is 1. The van der Waals surface area contributed by atoms with Crippen LogP contribution >= 0.6 is 15.9 Å². The number of nitrogens with one attached hydrogen (secondary N) is 1. The van der Waals surface area contributed by atoms with Crippen molar-refractivity contribution in [1.29, 1.82) is 0 Å². The monoisotopic (exact) mass is 361 g/mol. The van der Waals surface area contributed by atoms with Gasteiger partial charge in [-0.1, -0.05) is 15.9 Å². The van der Waals surface area contributed by atoms with E-state index in [0.717, 1.165) is 0 Å². The molecule has 2 atom stereocenters. The van der Waals surface area contributed by atoms with Gasteiger partial charge in [-0.05, 0) is 52.8 Å². The molecule has 118 valence electrons. The van der Waals surface area contributed by atoms with Crippen LogP contribution in [0.25, 0.3) is 0 Å². The summed E-state index contributed by atoms with van der Waals surface area (Å²) >= 11 is 3.26. The van der Waals surface area contributed by atoms with Gasteiger partial charge in [-0.3, -0.25) is 0 Å². The molecule has 0 heterocycles. The molecule has 1 rings (SSSR count). The summed E-state index contributed by atoms with van der Waals surface area (Å²) in [7, 11) is 0. The van der Waals surface area contributed by atoms with E-state index in [-0.39, 0.29) is 5.56 Å². The normalized spacial score (nSPS) is 16.0. The summed E-state index contributed by atoms with van der Waals surface area (Å²) in [4.78, 5) is 12.0. The summed E-state index contributed by atoms with van der Waals surface area (Å²) in [6.45, 7) is 8.22. The van der Waals surface area contributed by atoms with Gasteiger partial charge in [0, 0.05) is 10.0 Å². The highest BCUT2D eigenvalue weighted by Gasteiger charge is 2.37. The van der Waals surface area contributed by atoms with E-state index in [9.17, 15) is 14.3 Å². The lowest BCUT2D eigenvalue weighted by Crippen LogP contribution is -2.52. The molecule has 0 aliphatic heterocycles. The minimum absolute atomic E-state index is 0.178. The predicted octanol–water partition coefficient (Wildman–Crippen LogP) is 3.71. The maximum Gasteiger partial charge on any atom is 0.408 e. The van der Waals surface area contributed by atoms with Crippen LogP contribution in [0.2, 0.25) is 0 Å². The molecule has 6 heteroatoms. The molecule has 1 aromatic carbocycles. The second-order valence-corrected chi connectivity index (χ2v) is 7.05. The van der Waals surface area contributed by atoms with Crippen molar-refractivity contribution in [3.8, 4) is 0 Å². The van der Waals surface area contributed by atoms with E-state index in [2.05, 4.69) is 21.2 Å². The van der Waals surface area contributed by atoms with Gasteiger partial charge in [-0.25, -0.2) is 9.18 Å². The van der Waals surface area contributed by atoms with Gasteiger partial charge in [-0.15, -0.1) is 0 Å².